The highest BCUT2D eigenvalue weighted by molar-refractivity contribution is 5.08. The minimum atomic E-state index is 0.545. The van der Waals surface area contributed by atoms with Crippen LogP contribution in [0.1, 0.15) is 25.3 Å². The second-order valence-corrected chi connectivity index (χ2v) is 3.96. The Balaban J connectivity index is 1.94. The largest absolute Gasteiger partial charge is 0.271 e. The van der Waals surface area contributed by atoms with Crippen molar-refractivity contribution in [2.75, 3.05) is 0 Å². The van der Waals surface area contributed by atoms with Crippen LogP contribution in [0.2, 0.25) is 0 Å². The van der Waals surface area contributed by atoms with Crippen LogP contribution in [-0.4, -0.2) is 19.6 Å². The monoisotopic (exact) mass is 204 g/mol. The Morgan fingerprint density at radius 1 is 1.20 bits per heavy atom. The Bertz CT molecular complexity index is 400. The maximum atomic E-state index is 4.31. The molecular formula is C11H16N4. The number of aryl methyl sites for hydroxylation is 2. The number of rotatable bonds is 4. The molecule has 15 heavy (non-hydrogen) atoms. The molecule has 2 rings (SSSR count). The van der Waals surface area contributed by atoms with Crippen LogP contribution in [-0.2, 0) is 13.1 Å². The zero-order chi connectivity index (χ0) is 10.7. The van der Waals surface area contributed by atoms with E-state index in [2.05, 4.69) is 30.2 Å². The van der Waals surface area contributed by atoms with Gasteiger partial charge < -0.3 is 0 Å². The summed E-state index contributed by atoms with van der Waals surface area (Å²) in [5, 5.41) is 8.46. The van der Waals surface area contributed by atoms with Crippen LogP contribution in [0.3, 0.4) is 0 Å². The van der Waals surface area contributed by atoms with Crippen molar-refractivity contribution >= 4 is 0 Å². The van der Waals surface area contributed by atoms with E-state index in [1.165, 1.54) is 5.56 Å². The maximum absolute atomic E-state index is 4.31. The average molecular weight is 204 g/mol. The summed E-state index contributed by atoms with van der Waals surface area (Å²) in [5.41, 5.74) is 1.29. The van der Waals surface area contributed by atoms with Crippen molar-refractivity contribution in [2.24, 2.45) is 0 Å². The Morgan fingerprint density at radius 3 is 2.60 bits per heavy atom. The Hall–Kier alpha value is -1.58. The predicted molar refractivity (Wildman–Crippen MR) is 58.5 cm³/mol. The van der Waals surface area contributed by atoms with Crippen molar-refractivity contribution in [3.05, 3.63) is 36.4 Å². The summed E-state index contributed by atoms with van der Waals surface area (Å²) in [6.45, 7) is 6.09. The summed E-state index contributed by atoms with van der Waals surface area (Å²) in [4.78, 5) is 0. The van der Waals surface area contributed by atoms with Gasteiger partial charge in [-0.25, -0.2) is 0 Å². The minimum Gasteiger partial charge on any atom is -0.271 e. The normalized spacial score (nSPS) is 11.1. The van der Waals surface area contributed by atoms with E-state index in [0.717, 1.165) is 13.1 Å². The van der Waals surface area contributed by atoms with Crippen molar-refractivity contribution in [3.8, 4) is 0 Å². The van der Waals surface area contributed by atoms with Gasteiger partial charge in [-0.3, -0.25) is 9.36 Å². The lowest BCUT2D eigenvalue weighted by molar-refractivity contribution is 0.499. The Kier molecular flexibility index (Phi) is 2.85. The molecule has 4 heteroatoms. The van der Waals surface area contributed by atoms with E-state index in [4.69, 9.17) is 0 Å². The lowest BCUT2D eigenvalue weighted by atomic mass is 10.1. The zero-order valence-electron chi connectivity index (χ0n) is 9.17. The molecule has 0 aliphatic heterocycles. The third kappa shape index (κ3) is 2.46. The maximum Gasteiger partial charge on any atom is 0.0605 e. The summed E-state index contributed by atoms with van der Waals surface area (Å²) >= 11 is 0. The predicted octanol–water partition coefficient (Wildman–Crippen LogP) is 1.90. The van der Waals surface area contributed by atoms with E-state index in [9.17, 15) is 0 Å². The molecule has 0 fully saturated rings. The van der Waals surface area contributed by atoms with Crippen LogP contribution in [0, 0.1) is 0 Å². The molecule has 0 aliphatic rings. The van der Waals surface area contributed by atoms with Crippen molar-refractivity contribution in [2.45, 2.75) is 32.9 Å². The summed E-state index contributed by atoms with van der Waals surface area (Å²) in [6.07, 6.45) is 7.80. The average Bonchev–Trinajstić information content (AvgIpc) is 2.86. The molecule has 0 unspecified atom stereocenters. The molecule has 0 atom stereocenters. The number of aromatic nitrogens is 4. The van der Waals surface area contributed by atoms with Gasteiger partial charge in [-0.1, -0.05) is 13.8 Å². The smallest absolute Gasteiger partial charge is 0.0605 e. The molecule has 0 radical (unpaired) electrons. The molecule has 0 saturated carbocycles. The van der Waals surface area contributed by atoms with Crippen molar-refractivity contribution in [1.29, 1.82) is 0 Å². The Labute approximate surface area is 89.5 Å². The number of hydrogen-bond acceptors (Lipinski definition) is 2. The SMILES string of the molecule is CC(C)c1cnn(CCn2cccn2)c1. The highest BCUT2D eigenvalue weighted by Gasteiger charge is 2.02. The van der Waals surface area contributed by atoms with Gasteiger partial charge in [0.05, 0.1) is 19.3 Å². The van der Waals surface area contributed by atoms with Gasteiger partial charge in [-0.05, 0) is 17.5 Å². The molecule has 2 heterocycles. The van der Waals surface area contributed by atoms with Gasteiger partial charge in [0.15, 0.2) is 0 Å². The molecule has 4 nitrogen and oxygen atoms in total. The highest BCUT2D eigenvalue weighted by Crippen LogP contribution is 2.11. The second-order valence-electron chi connectivity index (χ2n) is 3.96. The van der Waals surface area contributed by atoms with Crippen LogP contribution in [0.5, 0.6) is 0 Å². The molecule has 0 amide bonds. The van der Waals surface area contributed by atoms with E-state index < -0.39 is 0 Å². The molecule has 80 valence electrons. The Morgan fingerprint density at radius 2 is 2.00 bits per heavy atom. The van der Waals surface area contributed by atoms with Gasteiger partial charge in [0, 0.05) is 18.6 Å². The summed E-state index contributed by atoms with van der Waals surface area (Å²) in [7, 11) is 0. The van der Waals surface area contributed by atoms with E-state index in [-0.39, 0.29) is 0 Å². The van der Waals surface area contributed by atoms with Crippen LogP contribution in [0.25, 0.3) is 0 Å². The van der Waals surface area contributed by atoms with E-state index in [1.807, 2.05) is 27.8 Å². The van der Waals surface area contributed by atoms with Crippen molar-refractivity contribution < 1.29 is 0 Å². The lowest BCUT2D eigenvalue weighted by Crippen LogP contribution is -2.07. The fourth-order valence-electron chi connectivity index (χ4n) is 1.44. The lowest BCUT2D eigenvalue weighted by Gasteiger charge is -2.02. The van der Waals surface area contributed by atoms with E-state index in [1.54, 1.807) is 6.20 Å². The van der Waals surface area contributed by atoms with Gasteiger partial charge in [0.1, 0.15) is 0 Å². The molecule has 0 aliphatic carbocycles. The standard InChI is InChI=1S/C11H16N4/c1-10(2)11-8-13-15(9-11)7-6-14-5-3-4-12-14/h3-5,8-10H,6-7H2,1-2H3. The molecule has 0 aromatic carbocycles. The van der Waals surface area contributed by atoms with Crippen LogP contribution in [0.4, 0.5) is 0 Å². The third-order valence-electron chi connectivity index (χ3n) is 2.44. The first kappa shape index (κ1) is 9.96. The van der Waals surface area contributed by atoms with E-state index >= 15 is 0 Å². The first-order valence-electron chi connectivity index (χ1n) is 5.25. The van der Waals surface area contributed by atoms with Gasteiger partial charge in [-0.15, -0.1) is 0 Å². The zero-order valence-corrected chi connectivity index (χ0v) is 9.17. The quantitative estimate of drug-likeness (QED) is 0.762. The molecule has 2 aromatic rings. The van der Waals surface area contributed by atoms with Crippen molar-refractivity contribution in [3.63, 3.8) is 0 Å². The van der Waals surface area contributed by atoms with E-state index in [0.29, 0.717) is 5.92 Å². The summed E-state index contributed by atoms with van der Waals surface area (Å²) < 4.78 is 3.88. The highest BCUT2D eigenvalue weighted by atomic mass is 15.3. The fraction of sp³-hybridized carbons (Fsp3) is 0.455. The topological polar surface area (TPSA) is 35.6 Å². The van der Waals surface area contributed by atoms with Crippen molar-refractivity contribution in [1.82, 2.24) is 19.6 Å². The van der Waals surface area contributed by atoms with Crippen LogP contribution in [0.15, 0.2) is 30.9 Å². The minimum absolute atomic E-state index is 0.545. The molecule has 0 bridgehead atoms. The van der Waals surface area contributed by atoms with Crippen LogP contribution >= 0.6 is 0 Å². The summed E-state index contributed by atoms with van der Waals surface area (Å²) in [5.74, 6) is 0.545. The second kappa shape index (κ2) is 4.29. The first-order chi connectivity index (χ1) is 7.25. The van der Waals surface area contributed by atoms with Gasteiger partial charge >= 0.3 is 0 Å². The first-order valence-corrected chi connectivity index (χ1v) is 5.25. The summed E-state index contributed by atoms with van der Waals surface area (Å²) in [6, 6.07) is 1.93. The molecule has 2 aromatic heterocycles. The third-order valence-corrected chi connectivity index (χ3v) is 2.44. The molecule has 0 spiro atoms. The van der Waals surface area contributed by atoms with Gasteiger partial charge in [-0.2, -0.15) is 10.2 Å². The number of nitrogens with zero attached hydrogens (tertiary/aromatic N) is 4. The molecule has 0 saturated heterocycles. The molecule has 0 N–H and O–H groups in total. The van der Waals surface area contributed by atoms with Crippen LogP contribution < -0.4 is 0 Å². The fourth-order valence-corrected chi connectivity index (χ4v) is 1.44. The van der Waals surface area contributed by atoms with Gasteiger partial charge in [0.25, 0.3) is 0 Å². The number of hydrogen-bond donors (Lipinski definition) is 0. The molecular weight excluding hydrogens is 188 g/mol. The van der Waals surface area contributed by atoms with Gasteiger partial charge in [0.2, 0.25) is 0 Å².